The Morgan fingerprint density at radius 3 is 2.31 bits per heavy atom. The van der Waals surface area contributed by atoms with Crippen LogP contribution in [0.1, 0.15) is 60.7 Å². The van der Waals surface area contributed by atoms with Gasteiger partial charge >= 0.3 is 0 Å². The Balaban J connectivity index is 2.17. The molecule has 2 aromatic rings. The van der Waals surface area contributed by atoms with Gasteiger partial charge in [0.05, 0.1) is 11.0 Å². The minimum atomic E-state index is -0.392. The molecule has 0 fully saturated rings. The van der Waals surface area contributed by atoms with E-state index in [-0.39, 0.29) is 30.4 Å². The summed E-state index contributed by atoms with van der Waals surface area (Å²) in [5, 5.41) is 2.98. The van der Waals surface area contributed by atoms with E-state index in [1.54, 1.807) is 0 Å². The lowest BCUT2D eigenvalue weighted by Crippen LogP contribution is -2.43. The maximum Gasteiger partial charge on any atom is 0.243 e. The van der Waals surface area contributed by atoms with Crippen LogP contribution in [0.15, 0.2) is 24.3 Å². The van der Waals surface area contributed by atoms with Gasteiger partial charge in [-0.05, 0) is 46.2 Å². The fraction of sp³-hybridized carbons (Fsp3) is 0.609. The standard InChI is InChI=1S/C23H36N4O2/c1-16(2)27(17(3)4)21(28)15-26-19-12-9-8-11-18(19)25-20(26)13-10-14-24-22(29)23(5,6)7/h8-9,11-12,16-17H,10,13-15H2,1-7H3,(H,24,29). The number of nitrogens with zero attached hydrogens (tertiary/aromatic N) is 3. The van der Waals surface area contributed by atoms with E-state index in [1.165, 1.54) is 0 Å². The summed E-state index contributed by atoms with van der Waals surface area (Å²) in [5.41, 5.74) is 1.48. The number of para-hydroxylation sites is 2. The van der Waals surface area contributed by atoms with Crippen molar-refractivity contribution in [1.29, 1.82) is 0 Å². The van der Waals surface area contributed by atoms with Crippen LogP contribution < -0.4 is 5.32 Å². The van der Waals surface area contributed by atoms with Gasteiger partial charge in [-0.25, -0.2) is 4.98 Å². The predicted molar refractivity (Wildman–Crippen MR) is 118 cm³/mol. The molecule has 0 saturated carbocycles. The number of fused-ring (bicyclic) bond motifs is 1. The molecular formula is C23H36N4O2. The van der Waals surface area contributed by atoms with Crippen LogP contribution >= 0.6 is 0 Å². The maximum absolute atomic E-state index is 13.0. The van der Waals surface area contributed by atoms with E-state index in [2.05, 4.69) is 5.32 Å². The zero-order valence-corrected chi connectivity index (χ0v) is 19.0. The molecule has 0 aliphatic heterocycles. The third-order valence-electron chi connectivity index (χ3n) is 4.97. The molecular weight excluding hydrogens is 364 g/mol. The Labute approximate surface area is 174 Å². The maximum atomic E-state index is 13.0. The molecule has 0 unspecified atom stereocenters. The lowest BCUT2D eigenvalue weighted by Gasteiger charge is -2.31. The van der Waals surface area contributed by atoms with Gasteiger partial charge in [-0.1, -0.05) is 32.9 Å². The molecule has 29 heavy (non-hydrogen) atoms. The summed E-state index contributed by atoms with van der Waals surface area (Å²) in [7, 11) is 0. The topological polar surface area (TPSA) is 67.2 Å². The Bertz CT molecular complexity index is 838. The summed E-state index contributed by atoms with van der Waals surface area (Å²) < 4.78 is 2.03. The second kappa shape index (κ2) is 9.42. The molecule has 0 atom stereocenters. The van der Waals surface area contributed by atoms with Gasteiger partial charge in [0.25, 0.3) is 0 Å². The average Bonchev–Trinajstić information content (AvgIpc) is 2.94. The molecule has 2 amide bonds. The fourth-order valence-corrected chi connectivity index (χ4v) is 3.60. The van der Waals surface area contributed by atoms with Crippen LogP contribution in [-0.4, -0.2) is 44.9 Å². The molecule has 1 heterocycles. The van der Waals surface area contributed by atoms with E-state index in [1.807, 2.05) is 82.2 Å². The van der Waals surface area contributed by atoms with Crippen molar-refractivity contribution in [2.45, 2.75) is 79.9 Å². The first-order chi connectivity index (χ1) is 13.5. The van der Waals surface area contributed by atoms with Crippen molar-refractivity contribution in [3.05, 3.63) is 30.1 Å². The molecule has 2 rings (SSSR count). The Hall–Kier alpha value is -2.37. The Morgan fingerprint density at radius 1 is 1.10 bits per heavy atom. The van der Waals surface area contributed by atoms with Crippen LogP contribution in [-0.2, 0) is 22.6 Å². The van der Waals surface area contributed by atoms with Gasteiger partial charge in [-0.15, -0.1) is 0 Å². The van der Waals surface area contributed by atoms with Gasteiger partial charge in [0.1, 0.15) is 12.4 Å². The molecule has 0 spiro atoms. The highest BCUT2D eigenvalue weighted by molar-refractivity contribution is 5.82. The smallest absolute Gasteiger partial charge is 0.243 e. The van der Waals surface area contributed by atoms with Crippen LogP contribution in [0.5, 0.6) is 0 Å². The minimum absolute atomic E-state index is 0.0469. The van der Waals surface area contributed by atoms with E-state index in [0.29, 0.717) is 13.0 Å². The average molecular weight is 401 g/mol. The van der Waals surface area contributed by atoms with Crippen LogP contribution in [0.2, 0.25) is 0 Å². The predicted octanol–water partition coefficient (Wildman–Crippen LogP) is 3.78. The third kappa shape index (κ3) is 5.81. The number of nitrogens with one attached hydrogen (secondary N) is 1. The first-order valence-electron chi connectivity index (χ1n) is 10.6. The largest absolute Gasteiger partial charge is 0.356 e. The second-order valence-electron chi connectivity index (χ2n) is 9.20. The normalized spacial score (nSPS) is 12.0. The van der Waals surface area contributed by atoms with Gasteiger partial charge in [-0.2, -0.15) is 0 Å². The molecule has 6 nitrogen and oxygen atoms in total. The van der Waals surface area contributed by atoms with Gasteiger partial charge < -0.3 is 14.8 Å². The highest BCUT2D eigenvalue weighted by atomic mass is 16.2. The van der Waals surface area contributed by atoms with Gasteiger partial charge in [0, 0.05) is 30.5 Å². The van der Waals surface area contributed by atoms with Crippen LogP contribution in [0.25, 0.3) is 11.0 Å². The zero-order valence-electron chi connectivity index (χ0n) is 19.0. The van der Waals surface area contributed by atoms with Crippen molar-refractivity contribution in [2.75, 3.05) is 6.54 Å². The highest BCUT2D eigenvalue weighted by Gasteiger charge is 2.23. The summed E-state index contributed by atoms with van der Waals surface area (Å²) in [6, 6.07) is 8.21. The SMILES string of the molecule is CC(C)N(C(=O)Cn1c(CCCNC(=O)C(C)(C)C)nc2ccccc21)C(C)C. The Morgan fingerprint density at radius 2 is 1.72 bits per heavy atom. The number of aromatic nitrogens is 2. The van der Waals surface area contributed by atoms with Crippen molar-refractivity contribution < 1.29 is 9.59 Å². The molecule has 1 N–H and O–H groups in total. The number of carbonyl (C=O) groups excluding carboxylic acids is 2. The summed E-state index contributed by atoms with van der Waals surface area (Å²) in [6.45, 7) is 14.8. The summed E-state index contributed by atoms with van der Waals surface area (Å²) in [4.78, 5) is 31.8. The van der Waals surface area contributed by atoms with Gasteiger partial charge in [0.2, 0.25) is 11.8 Å². The van der Waals surface area contributed by atoms with Crippen molar-refractivity contribution in [1.82, 2.24) is 19.8 Å². The lowest BCUT2D eigenvalue weighted by atomic mass is 9.96. The molecule has 160 valence electrons. The number of rotatable bonds is 8. The molecule has 0 aliphatic rings. The number of hydrogen-bond acceptors (Lipinski definition) is 3. The summed E-state index contributed by atoms with van der Waals surface area (Å²) >= 11 is 0. The van der Waals surface area contributed by atoms with E-state index in [0.717, 1.165) is 23.3 Å². The third-order valence-corrected chi connectivity index (χ3v) is 4.97. The number of carbonyl (C=O) groups is 2. The molecule has 1 aromatic heterocycles. The first-order valence-corrected chi connectivity index (χ1v) is 10.6. The monoisotopic (exact) mass is 400 g/mol. The zero-order chi connectivity index (χ0) is 21.8. The van der Waals surface area contributed by atoms with Crippen LogP contribution in [0, 0.1) is 5.41 Å². The van der Waals surface area contributed by atoms with Crippen LogP contribution in [0.4, 0.5) is 0 Å². The fourth-order valence-electron chi connectivity index (χ4n) is 3.60. The quantitative estimate of drug-likeness (QED) is 0.686. The van der Waals surface area contributed by atoms with Crippen molar-refractivity contribution in [3.63, 3.8) is 0 Å². The number of benzene rings is 1. The molecule has 0 bridgehead atoms. The highest BCUT2D eigenvalue weighted by Crippen LogP contribution is 2.19. The first kappa shape index (κ1) is 22.9. The molecule has 1 aromatic carbocycles. The van der Waals surface area contributed by atoms with E-state index in [4.69, 9.17) is 4.98 Å². The molecule has 0 radical (unpaired) electrons. The number of amides is 2. The van der Waals surface area contributed by atoms with E-state index in [9.17, 15) is 9.59 Å². The van der Waals surface area contributed by atoms with Crippen molar-refractivity contribution >= 4 is 22.8 Å². The lowest BCUT2D eigenvalue weighted by molar-refractivity contribution is -0.135. The molecule has 0 aliphatic carbocycles. The second-order valence-corrected chi connectivity index (χ2v) is 9.20. The molecule has 6 heteroatoms. The number of aryl methyl sites for hydroxylation is 1. The number of imidazole rings is 1. The van der Waals surface area contributed by atoms with E-state index < -0.39 is 5.41 Å². The van der Waals surface area contributed by atoms with Crippen LogP contribution in [0.3, 0.4) is 0 Å². The van der Waals surface area contributed by atoms with Crippen molar-refractivity contribution in [3.8, 4) is 0 Å². The van der Waals surface area contributed by atoms with E-state index >= 15 is 0 Å². The van der Waals surface area contributed by atoms with Gasteiger partial charge in [0.15, 0.2) is 0 Å². The Kier molecular flexibility index (Phi) is 7.44. The van der Waals surface area contributed by atoms with Gasteiger partial charge in [-0.3, -0.25) is 9.59 Å². The summed E-state index contributed by atoms with van der Waals surface area (Å²) in [5.74, 6) is 1.03. The van der Waals surface area contributed by atoms with Crippen molar-refractivity contribution in [2.24, 2.45) is 5.41 Å². The minimum Gasteiger partial charge on any atom is -0.356 e. The number of hydrogen-bond donors (Lipinski definition) is 1. The summed E-state index contributed by atoms with van der Waals surface area (Å²) in [6.07, 6.45) is 1.48. The molecule has 0 saturated heterocycles.